The molecule has 3 rings (SSSR count). The number of benzene rings is 1. The van der Waals surface area contributed by atoms with Crippen LogP contribution in [0.2, 0.25) is 0 Å². The zero-order valence-corrected chi connectivity index (χ0v) is 9.57. The fourth-order valence-corrected chi connectivity index (χ4v) is 2.11. The molecule has 0 unspecified atom stereocenters. The highest BCUT2D eigenvalue weighted by atomic mass is 16.3. The van der Waals surface area contributed by atoms with Crippen LogP contribution < -0.4 is 5.32 Å². The molecule has 1 N–H and O–H groups in total. The molecule has 1 aliphatic rings. The van der Waals surface area contributed by atoms with Crippen molar-refractivity contribution in [2.45, 2.75) is 25.8 Å². The molecule has 84 valence electrons. The highest BCUT2D eigenvalue weighted by Gasteiger charge is 2.22. The zero-order valence-electron chi connectivity index (χ0n) is 9.57. The lowest BCUT2D eigenvalue weighted by atomic mass is 10.1. The summed E-state index contributed by atoms with van der Waals surface area (Å²) < 4.78 is 5.55. The molecule has 0 amide bonds. The molecule has 1 saturated carbocycles. The predicted octanol–water partition coefficient (Wildman–Crippen LogP) is 3.49. The van der Waals surface area contributed by atoms with E-state index >= 15 is 0 Å². The summed E-state index contributed by atoms with van der Waals surface area (Å²) in [6.45, 7) is 3.35. The molecule has 2 heteroatoms. The van der Waals surface area contributed by atoms with Crippen LogP contribution in [0.25, 0.3) is 11.0 Å². The molecule has 0 saturated heterocycles. The predicted molar refractivity (Wildman–Crippen MR) is 65.4 cm³/mol. The van der Waals surface area contributed by atoms with Gasteiger partial charge in [-0.25, -0.2) is 0 Å². The molecular weight excluding hydrogens is 198 g/mol. The molecule has 1 heterocycles. The van der Waals surface area contributed by atoms with Gasteiger partial charge in [-0.05, 0) is 38.3 Å². The van der Waals surface area contributed by atoms with Gasteiger partial charge in [0.1, 0.15) is 5.58 Å². The van der Waals surface area contributed by atoms with Gasteiger partial charge >= 0.3 is 0 Å². The van der Waals surface area contributed by atoms with E-state index in [4.69, 9.17) is 4.42 Å². The minimum atomic E-state index is 0.379. The fraction of sp³-hybridized carbons (Fsp3) is 0.429. The fourth-order valence-electron chi connectivity index (χ4n) is 2.11. The van der Waals surface area contributed by atoms with Crippen molar-refractivity contribution in [3.63, 3.8) is 0 Å². The molecule has 1 aromatic heterocycles. The summed E-state index contributed by atoms with van der Waals surface area (Å²) in [5.41, 5.74) is 2.26. The summed E-state index contributed by atoms with van der Waals surface area (Å²) in [4.78, 5) is 0. The SMILES string of the molecule is C[C@@H](NCC1CC1)c1coc2ccccc12. The van der Waals surface area contributed by atoms with E-state index in [0.29, 0.717) is 6.04 Å². The van der Waals surface area contributed by atoms with Crippen molar-refractivity contribution < 1.29 is 4.42 Å². The Morgan fingerprint density at radius 3 is 3.00 bits per heavy atom. The summed E-state index contributed by atoms with van der Waals surface area (Å²) in [6, 6.07) is 8.60. The van der Waals surface area contributed by atoms with Crippen LogP contribution in [0.15, 0.2) is 34.9 Å². The molecule has 1 fully saturated rings. The molecule has 0 aliphatic heterocycles. The van der Waals surface area contributed by atoms with Gasteiger partial charge in [-0.3, -0.25) is 0 Å². The van der Waals surface area contributed by atoms with Gasteiger partial charge in [-0.15, -0.1) is 0 Å². The number of fused-ring (bicyclic) bond motifs is 1. The highest BCUT2D eigenvalue weighted by Crippen LogP contribution is 2.30. The Labute approximate surface area is 95.6 Å². The number of hydrogen-bond acceptors (Lipinski definition) is 2. The maximum absolute atomic E-state index is 5.55. The Morgan fingerprint density at radius 2 is 2.19 bits per heavy atom. The molecule has 0 bridgehead atoms. The van der Waals surface area contributed by atoms with Crippen molar-refractivity contribution in [3.05, 3.63) is 36.1 Å². The Morgan fingerprint density at radius 1 is 1.38 bits per heavy atom. The second-order valence-electron chi connectivity index (χ2n) is 4.76. The van der Waals surface area contributed by atoms with E-state index in [9.17, 15) is 0 Å². The van der Waals surface area contributed by atoms with Crippen LogP contribution in [0.1, 0.15) is 31.4 Å². The van der Waals surface area contributed by atoms with Crippen LogP contribution in [0.5, 0.6) is 0 Å². The Kier molecular flexibility index (Phi) is 2.44. The van der Waals surface area contributed by atoms with Crippen LogP contribution in [0, 0.1) is 5.92 Å². The van der Waals surface area contributed by atoms with Crippen molar-refractivity contribution in [1.29, 1.82) is 0 Å². The Bertz CT molecular complexity index is 484. The van der Waals surface area contributed by atoms with E-state index in [0.717, 1.165) is 18.0 Å². The van der Waals surface area contributed by atoms with E-state index in [2.05, 4.69) is 24.4 Å². The smallest absolute Gasteiger partial charge is 0.134 e. The van der Waals surface area contributed by atoms with E-state index in [-0.39, 0.29) is 0 Å². The molecule has 2 nitrogen and oxygen atoms in total. The summed E-state index contributed by atoms with van der Waals surface area (Å²) in [5, 5.41) is 4.81. The molecule has 16 heavy (non-hydrogen) atoms. The number of rotatable bonds is 4. The first-order valence-corrected chi connectivity index (χ1v) is 6.04. The third-order valence-corrected chi connectivity index (χ3v) is 3.39. The number of nitrogens with one attached hydrogen (secondary N) is 1. The maximum atomic E-state index is 5.55. The Balaban J connectivity index is 1.80. The van der Waals surface area contributed by atoms with E-state index in [1.807, 2.05) is 18.4 Å². The molecule has 0 spiro atoms. The minimum Gasteiger partial charge on any atom is -0.464 e. The number of hydrogen-bond donors (Lipinski definition) is 1. The van der Waals surface area contributed by atoms with Gasteiger partial charge in [0.25, 0.3) is 0 Å². The van der Waals surface area contributed by atoms with E-state index < -0.39 is 0 Å². The van der Waals surface area contributed by atoms with Gasteiger partial charge in [0.2, 0.25) is 0 Å². The molecule has 1 atom stereocenters. The van der Waals surface area contributed by atoms with Crippen molar-refractivity contribution >= 4 is 11.0 Å². The van der Waals surface area contributed by atoms with Gasteiger partial charge in [0, 0.05) is 17.0 Å². The zero-order chi connectivity index (χ0) is 11.0. The summed E-state index contributed by atoms with van der Waals surface area (Å²) in [5.74, 6) is 0.917. The van der Waals surface area contributed by atoms with Crippen molar-refractivity contribution in [2.24, 2.45) is 5.92 Å². The standard InChI is InChI=1S/C14H17NO/c1-10(15-8-11-6-7-11)13-9-16-14-5-3-2-4-12(13)14/h2-5,9-11,15H,6-8H2,1H3/t10-/m1/s1. The quantitative estimate of drug-likeness (QED) is 0.844. The minimum absolute atomic E-state index is 0.379. The average molecular weight is 215 g/mol. The van der Waals surface area contributed by atoms with E-state index in [1.54, 1.807) is 0 Å². The molecular formula is C14H17NO. The third kappa shape index (κ3) is 1.85. The molecule has 0 radical (unpaired) electrons. The van der Waals surface area contributed by atoms with Crippen molar-refractivity contribution in [2.75, 3.05) is 6.54 Å². The molecule has 2 aromatic rings. The van der Waals surface area contributed by atoms with Gasteiger partial charge in [0.15, 0.2) is 0 Å². The lowest BCUT2D eigenvalue weighted by Gasteiger charge is -2.11. The summed E-state index contributed by atoms with van der Waals surface area (Å²) in [6.07, 6.45) is 4.67. The van der Waals surface area contributed by atoms with Gasteiger partial charge in [0.05, 0.1) is 6.26 Å². The monoisotopic (exact) mass is 215 g/mol. The van der Waals surface area contributed by atoms with Crippen LogP contribution >= 0.6 is 0 Å². The van der Waals surface area contributed by atoms with Gasteiger partial charge in [-0.2, -0.15) is 0 Å². The summed E-state index contributed by atoms with van der Waals surface area (Å²) >= 11 is 0. The molecule has 1 aliphatic carbocycles. The first-order valence-electron chi connectivity index (χ1n) is 6.04. The van der Waals surface area contributed by atoms with Crippen LogP contribution in [-0.4, -0.2) is 6.54 Å². The van der Waals surface area contributed by atoms with Crippen molar-refractivity contribution in [3.8, 4) is 0 Å². The largest absolute Gasteiger partial charge is 0.464 e. The number of furan rings is 1. The highest BCUT2D eigenvalue weighted by molar-refractivity contribution is 5.81. The Hall–Kier alpha value is -1.28. The van der Waals surface area contributed by atoms with Crippen LogP contribution in [0.4, 0.5) is 0 Å². The van der Waals surface area contributed by atoms with Crippen LogP contribution in [0.3, 0.4) is 0 Å². The van der Waals surface area contributed by atoms with Gasteiger partial charge in [-0.1, -0.05) is 18.2 Å². The topological polar surface area (TPSA) is 25.2 Å². The lowest BCUT2D eigenvalue weighted by Crippen LogP contribution is -2.20. The second kappa shape index (κ2) is 3.95. The number of para-hydroxylation sites is 1. The van der Waals surface area contributed by atoms with E-state index in [1.165, 1.54) is 23.8 Å². The maximum Gasteiger partial charge on any atom is 0.134 e. The van der Waals surface area contributed by atoms with Gasteiger partial charge < -0.3 is 9.73 Å². The lowest BCUT2D eigenvalue weighted by molar-refractivity contribution is 0.537. The summed E-state index contributed by atoms with van der Waals surface area (Å²) in [7, 11) is 0. The molecule has 1 aromatic carbocycles. The normalized spacial score (nSPS) is 17.8. The third-order valence-electron chi connectivity index (χ3n) is 3.39. The second-order valence-corrected chi connectivity index (χ2v) is 4.76. The van der Waals surface area contributed by atoms with Crippen LogP contribution in [-0.2, 0) is 0 Å². The first-order chi connectivity index (χ1) is 7.84. The average Bonchev–Trinajstić information content (AvgIpc) is 3.04. The van der Waals surface area contributed by atoms with Crippen molar-refractivity contribution in [1.82, 2.24) is 5.32 Å². The first kappa shape index (κ1) is 9.91.